The van der Waals surface area contributed by atoms with Gasteiger partial charge < -0.3 is 20.2 Å². The smallest absolute Gasteiger partial charge is 0.315 e. The van der Waals surface area contributed by atoms with E-state index in [1.807, 2.05) is 19.2 Å². The summed E-state index contributed by atoms with van der Waals surface area (Å²) in [7, 11) is 0. The largest absolute Gasteiger partial charge is 0.467 e. The van der Waals surface area contributed by atoms with Crippen molar-refractivity contribution in [2.75, 3.05) is 0 Å². The van der Waals surface area contributed by atoms with E-state index in [0.717, 1.165) is 23.5 Å². The lowest BCUT2D eigenvalue weighted by Crippen LogP contribution is -2.43. The molecule has 1 aliphatic carbocycles. The summed E-state index contributed by atoms with van der Waals surface area (Å²) in [5, 5.41) is 19.0. The standard InChI is InChI=1S/C17H23N3O3S/c1-10(8-13(21)14-4-3-7-23-14)19-17(22)20-15(12-5-6-12)16-18-11(2)9-24-16/h3-4,7,9-10,12-13,15,21H,5-6,8H2,1-2H3,(H2,19,20,22). The van der Waals surface area contributed by atoms with E-state index in [-0.39, 0.29) is 18.1 Å². The molecule has 3 rings (SSSR count). The number of nitrogens with zero attached hydrogens (tertiary/aromatic N) is 1. The summed E-state index contributed by atoms with van der Waals surface area (Å²) in [6.07, 6.45) is 3.44. The van der Waals surface area contributed by atoms with Crippen molar-refractivity contribution >= 4 is 17.4 Å². The van der Waals surface area contributed by atoms with Gasteiger partial charge in [-0.25, -0.2) is 9.78 Å². The molecular formula is C17H23N3O3S. The molecule has 0 aliphatic heterocycles. The molecule has 3 unspecified atom stereocenters. The van der Waals surface area contributed by atoms with Crippen LogP contribution in [0, 0.1) is 12.8 Å². The number of nitrogens with one attached hydrogen (secondary N) is 2. The van der Waals surface area contributed by atoms with Gasteiger partial charge in [0.05, 0.1) is 12.3 Å². The fourth-order valence-electron chi connectivity index (χ4n) is 2.72. The van der Waals surface area contributed by atoms with Gasteiger partial charge in [0, 0.05) is 23.5 Å². The molecule has 0 saturated heterocycles. The number of amides is 2. The summed E-state index contributed by atoms with van der Waals surface area (Å²) in [4.78, 5) is 16.8. The van der Waals surface area contributed by atoms with Crippen molar-refractivity contribution in [3.8, 4) is 0 Å². The van der Waals surface area contributed by atoms with Gasteiger partial charge >= 0.3 is 6.03 Å². The summed E-state index contributed by atoms with van der Waals surface area (Å²) in [6.45, 7) is 3.83. The summed E-state index contributed by atoms with van der Waals surface area (Å²) in [6, 6.07) is 3.04. The number of aliphatic hydroxyl groups is 1. The minimum atomic E-state index is -0.726. The molecule has 1 fully saturated rings. The monoisotopic (exact) mass is 349 g/mol. The Balaban J connectivity index is 1.52. The molecule has 0 radical (unpaired) electrons. The van der Waals surface area contributed by atoms with Crippen molar-refractivity contribution in [2.24, 2.45) is 5.92 Å². The molecule has 130 valence electrons. The van der Waals surface area contributed by atoms with Crippen LogP contribution in [-0.4, -0.2) is 22.2 Å². The molecule has 0 bridgehead atoms. The number of aromatic nitrogens is 1. The molecule has 3 N–H and O–H groups in total. The van der Waals surface area contributed by atoms with Crippen LogP contribution < -0.4 is 10.6 Å². The Labute approximate surface area is 145 Å². The Kier molecular flexibility index (Phi) is 5.20. The fraction of sp³-hybridized carbons (Fsp3) is 0.529. The number of urea groups is 1. The molecule has 1 saturated carbocycles. The lowest BCUT2D eigenvalue weighted by Gasteiger charge is -2.20. The quantitative estimate of drug-likeness (QED) is 0.716. The van der Waals surface area contributed by atoms with Crippen molar-refractivity contribution in [1.82, 2.24) is 15.6 Å². The van der Waals surface area contributed by atoms with Gasteiger partial charge in [-0.3, -0.25) is 0 Å². The van der Waals surface area contributed by atoms with E-state index in [0.29, 0.717) is 18.1 Å². The van der Waals surface area contributed by atoms with Gasteiger partial charge in [-0.2, -0.15) is 0 Å². The predicted molar refractivity (Wildman–Crippen MR) is 91.7 cm³/mol. The SMILES string of the molecule is Cc1csc(C(NC(=O)NC(C)CC(O)c2ccco2)C2CC2)n1. The zero-order valence-corrected chi connectivity index (χ0v) is 14.7. The van der Waals surface area contributed by atoms with Crippen LogP contribution in [0.1, 0.15) is 54.8 Å². The number of aryl methyl sites for hydroxylation is 1. The Morgan fingerprint density at radius 2 is 2.29 bits per heavy atom. The Morgan fingerprint density at radius 1 is 1.50 bits per heavy atom. The molecule has 2 aromatic heterocycles. The summed E-state index contributed by atoms with van der Waals surface area (Å²) >= 11 is 1.59. The lowest BCUT2D eigenvalue weighted by atomic mass is 10.1. The van der Waals surface area contributed by atoms with Gasteiger partial charge in [0.15, 0.2) is 0 Å². The van der Waals surface area contributed by atoms with Gasteiger partial charge in [-0.15, -0.1) is 11.3 Å². The van der Waals surface area contributed by atoms with Crippen LogP contribution >= 0.6 is 11.3 Å². The number of rotatable bonds is 7. The Hall–Kier alpha value is -1.86. The molecule has 3 atom stereocenters. The van der Waals surface area contributed by atoms with Crippen LogP contribution in [0.4, 0.5) is 4.79 Å². The van der Waals surface area contributed by atoms with E-state index in [2.05, 4.69) is 15.6 Å². The summed E-state index contributed by atoms with van der Waals surface area (Å²) in [5.41, 5.74) is 0.984. The van der Waals surface area contributed by atoms with E-state index in [9.17, 15) is 9.90 Å². The third-order valence-corrected chi connectivity index (χ3v) is 5.15. The molecular weight excluding hydrogens is 326 g/mol. The van der Waals surface area contributed by atoms with Crippen LogP contribution in [0.3, 0.4) is 0 Å². The molecule has 0 spiro atoms. The molecule has 6 nitrogen and oxygen atoms in total. The van der Waals surface area contributed by atoms with Crippen molar-refractivity contribution in [3.05, 3.63) is 40.2 Å². The van der Waals surface area contributed by atoms with Crippen LogP contribution in [0.15, 0.2) is 28.2 Å². The van der Waals surface area contributed by atoms with Gasteiger partial charge in [0.25, 0.3) is 0 Å². The second kappa shape index (κ2) is 7.36. The molecule has 2 heterocycles. The van der Waals surface area contributed by atoms with Gasteiger partial charge in [0.1, 0.15) is 16.9 Å². The first-order chi connectivity index (χ1) is 11.5. The predicted octanol–water partition coefficient (Wildman–Crippen LogP) is 3.31. The molecule has 1 aliphatic rings. The highest BCUT2D eigenvalue weighted by Crippen LogP contribution is 2.41. The summed E-state index contributed by atoms with van der Waals surface area (Å²) < 4.78 is 5.18. The first-order valence-electron chi connectivity index (χ1n) is 8.23. The first kappa shape index (κ1) is 17.0. The lowest BCUT2D eigenvalue weighted by molar-refractivity contribution is 0.129. The minimum Gasteiger partial charge on any atom is -0.467 e. The van der Waals surface area contributed by atoms with Crippen LogP contribution in [0.2, 0.25) is 0 Å². The number of aliphatic hydroxyl groups excluding tert-OH is 1. The third-order valence-electron chi connectivity index (χ3n) is 4.11. The number of carbonyl (C=O) groups excluding carboxylic acids is 1. The molecule has 7 heteroatoms. The zero-order chi connectivity index (χ0) is 17.1. The molecule has 24 heavy (non-hydrogen) atoms. The fourth-order valence-corrected chi connectivity index (χ4v) is 3.66. The Bertz CT molecular complexity index is 666. The van der Waals surface area contributed by atoms with Crippen molar-refractivity contribution in [3.63, 3.8) is 0 Å². The number of hydrogen-bond donors (Lipinski definition) is 3. The topological polar surface area (TPSA) is 87.4 Å². The average molecular weight is 349 g/mol. The zero-order valence-electron chi connectivity index (χ0n) is 13.9. The number of furan rings is 1. The maximum atomic E-state index is 12.3. The minimum absolute atomic E-state index is 0.0223. The number of thiazole rings is 1. The van der Waals surface area contributed by atoms with E-state index in [1.165, 1.54) is 6.26 Å². The highest BCUT2D eigenvalue weighted by molar-refractivity contribution is 7.09. The van der Waals surface area contributed by atoms with E-state index >= 15 is 0 Å². The number of carbonyl (C=O) groups is 1. The van der Waals surface area contributed by atoms with Crippen LogP contribution in [0.25, 0.3) is 0 Å². The highest BCUT2D eigenvalue weighted by Gasteiger charge is 2.35. The van der Waals surface area contributed by atoms with Gasteiger partial charge in [-0.05, 0) is 44.7 Å². The molecule has 2 aromatic rings. The summed E-state index contributed by atoms with van der Waals surface area (Å²) in [5.74, 6) is 0.989. The van der Waals surface area contributed by atoms with Crippen molar-refractivity contribution < 1.29 is 14.3 Å². The van der Waals surface area contributed by atoms with Crippen LogP contribution in [0.5, 0.6) is 0 Å². The van der Waals surface area contributed by atoms with Gasteiger partial charge in [-0.1, -0.05) is 0 Å². The Morgan fingerprint density at radius 3 is 2.88 bits per heavy atom. The van der Waals surface area contributed by atoms with E-state index in [1.54, 1.807) is 23.5 Å². The van der Waals surface area contributed by atoms with E-state index in [4.69, 9.17) is 4.42 Å². The third kappa shape index (κ3) is 4.36. The first-order valence-corrected chi connectivity index (χ1v) is 9.11. The second-order valence-corrected chi connectivity index (χ2v) is 7.32. The van der Waals surface area contributed by atoms with Crippen molar-refractivity contribution in [2.45, 2.75) is 51.3 Å². The molecule has 0 aromatic carbocycles. The van der Waals surface area contributed by atoms with E-state index < -0.39 is 6.10 Å². The average Bonchev–Trinajstić information content (AvgIpc) is 3.04. The highest BCUT2D eigenvalue weighted by atomic mass is 32.1. The maximum absolute atomic E-state index is 12.3. The van der Waals surface area contributed by atoms with Crippen LogP contribution in [-0.2, 0) is 0 Å². The molecule has 2 amide bonds. The van der Waals surface area contributed by atoms with Crippen molar-refractivity contribution in [1.29, 1.82) is 0 Å². The van der Waals surface area contributed by atoms with Gasteiger partial charge in [0.2, 0.25) is 0 Å². The normalized spacial score (nSPS) is 18.0. The maximum Gasteiger partial charge on any atom is 0.315 e. The second-order valence-electron chi connectivity index (χ2n) is 6.43. The number of hydrogen-bond acceptors (Lipinski definition) is 5.